The van der Waals surface area contributed by atoms with Crippen molar-refractivity contribution in [3.8, 4) is 5.75 Å². The van der Waals surface area contributed by atoms with Crippen molar-refractivity contribution >= 4 is 33.8 Å². The van der Waals surface area contributed by atoms with Crippen molar-refractivity contribution in [2.75, 3.05) is 0 Å². The molecule has 0 atom stereocenters. The van der Waals surface area contributed by atoms with E-state index < -0.39 is 11.6 Å². The van der Waals surface area contributed by atoms with Gasteiger partial charge in [-0.05, 0) is 82.7 Å². The second-order valence-electron chi connectivity index (χ2n) is 7.34. The van der Waals surface area contributed by atoms with Gasteiger partial charge in [-0.15, -0.1) is 0 Å². The Labute approximate surface area is 168 Å². The van der Waals surface area contributed by atoms with Gasteiger partial charge in [0.15, 0.2) is 5.78 Å². The number of aryl methyl sites for hydroxylation is 1. The molecule has 5 heteroatoms. The number of hydrogen-bond donors (Lipinski definition) is 1. The maximum atomic E-state index is 12.4. The molecular formula is C22H23BrO4. The maximum Gasteiger partial charge on any atom is 0.336 e. The van der Waals surface area contributed by atoms with Gasteiger partial charge in [-0.3, -0.25) is 4.79 Å². The van der Waals surface area contributed by atoms with Gasteiger partial charge >= 0.3 is 5.97 Å². The van der Waals surface area contributed by atoms with Gasteiger partial charge in [0, 0.05) is 21.2 Å². The minimum atomic E-state index is -0.995. The van der Waals surface area contributed by atoms with Gasteiger partial charge in [0.2, 0.25) is 0 Å². The molecule has 0 aliphatic heterocycles. The highest BCUT2D eigenvalue weighted by Crippen LogP contribution is 2.33. The first kappa shape index (κ1) is 20.9. The molecule has 0 aliphatic carbocycles. The number of ether oxygens (including phenoxy) is 1. The molecule has 0 spiro atoms. The zero-order chi connectivity index (χ0) is 20.4. The Bertz CT molecular complexity index is 903. The molecule has 4 nitrogen and oxygen atoms in total. The van der Waals surface area contributed by atoms with E-state index in [0.29, 0.717) is 28.0 Å². The van der Waals surface area contributed by atoms with Gasteiger partial charge in [0.25, 0.3) is 0 Å². The van der Waals surface area contributed by atoms with E-state index in [1.54, 1.807) is 38.1 Å². The lowest BCUT2D eigenvalue weighted by atomic mass is 9.96. The topological polar surface area (TPSA) is 63.6 Å². The van der Waals surface area contributed by atoms with Crippen LogP contribution in [0.2, 0.25) is 0 Å². The monoisotopic (exact) mass is 430 g/mol. The first-order valence-corrected chi connectivity index (χ1v) is 9.33. The lowest BCUT2D eigenvalue weighted by Gasteiger charge is -2.25. The molecule has 0 aromatic heterocycles. The van der Waals surface area contributed by atoms with Crippen LogP contribution in [0.4, 0.5) is 0 Å². The maximum absolute atomic E-state index is 12.4. The molecule has 0 saturated heterocycles. The second-order valence-corrected chi connectivity index (χ2v) is 8.25. The Morgan fingerprint density at radius 2 is 1.70 bits per heavy atom. The molecule has 0 fully saturated rings. The summed E-state index contributed by atoms with van der Waals surface area (Å²) in [5.74, 6) is -0.655. The van der Waals surface area contributed by atoms with Crippen molar-refractivity contribution in [3.63, 3.8) is 0 Å². The highest BCUT2D eigenvalue weighted by atomic mass is 79.9. The van der Waals surface area contributed by atoms with Crippen molar-refractivity contribution in [1.82, 2.24) is 0 Å². The number of halogens is 1. The summed E-state index contributed by atoms with van der Waals surface area (Å²) < 4.78 is 6.93. The van der Waals surface area contributed by atoms with Crippen molar-refractivity contribution in [2.45, 2.75) is 40.2 Å². The van der Waals surface area contributed by atoms with E-state index in [4.69, 9.17) is 4.74 Å². The molecule has 2 aromatic carbocycles. The third-order valence-corrected chi connectivity index (χ3v) is 4.44. The minimum absolute atomic E-state index is 0.137. The number of carboxylic acid groups (broad SMARTS) is 1. The minimum Gasteiger partial charge on any atom is -0.487 e. The molecule has 0 aliphatic rings. The Balaban J connectivity index is 2.49. The summed E-state index contributed by atoms with van der Waals surface area (Å²) >= 11 is 3.35. The third kappa shape index (κ3) is 5.30. The number of benzene rings is 2. The molecule has 2 rings (SSSR count). The zero-order valence-electron chi connectivity index (χ0n) is 16.1. The van der Waals surface area contributed by atoms with E-state index in [0.717, 1.165) is 4.47 Å². The summed E-state index contributed by atoms with van der Waals surface area (Å²) in [6, 6.07) is 8.85. The van der Waals surface area contributed by atoms with Crippen LogP contribution in [-0.4, -0.2) is 22.5 Å². The smallest absolute Gasteiger partial charge is 0.336 e. The van der Waals surface area contributed by atoms with Crippen molar-refractivity contribution in [1.29, 1.82) is 0 Å². The first-order chi connectivity index (χ1) is 12.5. The fourth-order valence-electron chi connectivity index (χ4n) is 2.77. The highest BCUT2D eigenvalue weighted by Gasteiger charge is 2.22. The van der Waals surface area contributed by atoms with Crippen LogP contribution in [0.3, 0.4) is 0 Å². The van der Waals surface area contributed by atoms with E-state index in [9.17, 15) is 14.7 Å². The number of ketones is 1. The van der Waals surface area contributed by atoms with Crippen LogP contribution >= 0.6 is 15.9 Å². The molecule has 0 unspecified atom stereocenters. The number of carbonyl (C=O) groups excluding carboxylic acids is 1. The zero-order valence-corrected chi connectivity index (χ0v) is 17.7. The summed E-state index contributed by atoms with van der Waals surface area (Å²) in [5.41, 5.74) is 2.14. The fourth-order valence-corrected chi connectivity index (χ4v) is 3.03. The molecule has 2 aromatic rings. The molecule has 0 amide bonds. The Kier molecular flexibility index (Phi) is 6.26. The van der Waals surface area contributed by atoms with Crippen LogP contribution < -0.4 is 4.74 Å². The molecule has 0 saturated carbocycles. The first-order valence-electron chi connectivity index (χ1n) is 8.54. The molecular weight excluding hydrogens is 408 g/mol. The molecule has 0 bridgehead atoms. The summed E-state index contributed by atoms with van der Waals surface area (Å²) in [4.78, 5) is 24.1. The van der Waals surface area contributed by atoms with Gasteiger partial charge in [0.05, 0.1) is 5.56 Å². The van der Waals surface area contributed by atoms with Crippen molar-refractivity contribution < 1.29 is 19.4 Å². The Morgan fingerprint density at radius 1 is 1.11 bits per heavy atom. The largest absolute Gasteiger partial charge is 0.487 e. The van der Waals surface area contributed by atoms with Crippen LogP contribution in [0, 0.1) is 13.8 Å². The van der Waals surface area contributed by atoms with Crippen LogP contribution in [0.25, 0.3) is 6.08 Å². The lowest BCUT2D eigenvalue weighted by molar-refractivity contribution is 0.0692. The standard InChI is InChI=1S/C22H23BrO4/c1-13-12-16(8-11-18(24)15-6-9-17(23)10-7-15)20(27-22(3,4)5)14(2)19(13)21(25)26/h6-12H,1-5H3,(H,25,26). The predicted octanol–water partition coefficient (Wildman–Crippen LogP) is 5.84. The van der Waals surface area contributed by atoms with Crippen LogP contribution in [0.15, 0.2) is 40.9 Å². The lowest BCUT2D eigenvalue weighted by Crippen LogP contribution is -2.24. The SMILES string of the molecule is Cc1cc(C=CC(=O)c2ccc(Br)cc2)c(OC(C)(C)C)c(C)c1C(=O)O. The predicted molar refractivity (Wildman–Crippen MR) is 111 cm³/mol. The number of rotatable bonds is 5. The van der Waals surface area contributed by atoms with Gasteiger partial charge in [0.1, 0.15) is 11.4 Å². The van der Waals surface area contributed by atoms with Gasteiger partial charge in [-0.2, -0.15) is 0 Å². The summed E-state index contributed by atoms with van der Waals surface area (Å²) in [7, 11) is 0. The van der Waals surface area contributed by atoms with E-state index >= 15 is 0 Å². The summed E-state index contributed by atoms with van der Waals surface area (Å²) in [6.07, 6.45) is 3.16. The molecule has 27 heavy (non-hydrogen) atoms. The highest BCUT2D eigenvalue weighted by molar-refractivity contribution is 9.10. The van der Waals surface area contributed by atoms with Crippen LogP contribution in [0.1, 0.15) is 58.2 Å². The van der Waals surface area contributed by atoms with E-state index in [2.05, 4.69) is 15.9 Å². The van der Waals surface area contributed by atoms with E-state index in [1.165, 1.54) is 6.08 Å². The molecule has 142 valence electrons. The van der Waals surface area contributed by atoms with E-state index in [1.807, 2.05) is 32.9 Å². The normalized spacial score (nSPS) is 11.6. The Morgan fingerprint density at radius 3 is 2.22 bits per heavy atom. The number of aromatic carboxylic acids is 1. The van der Waals surface area contributed by atoms with Crippen molar-refractivity contribution in [3.05, 3.63) is 68.7 Å². The third-order valence-electron chi connectivity index (χ3n) is 3.91. The summed E-state index contributed by atoms with van der Waals surface area (Å²) in [5, 5.41) is 9.52. The molecule has 1 N–H and O–H groups in total. The van der Waals surface area contributed by atoms with Gasteiger partial charge in [-0.1, -0.05) is 15.9 Å². The Hall–Kier alpha value is -2.40. The van der Waals surface area contributed by atoms with E-state index in [-0.39, 0.29) is 11.3 Å². The van der Waals surface area contributed by atoms with Crippen molar-refractivity contribution in [2.24, 2.45) is 0 Å². The quantitative estimate of drug-likeness (QED) is 0.478. The average molecular weight is 431 g/mol. The van der Waals surface area contributed by atoms with Gasteiger partial charge in [-0.25, -0.2) is 4.79 Å². The number of carbonyl (C=O) groups is 2. The van der Waals surface area contributed by atoms with Crippen LogP contribution in [-0.2, 0) is 0 Å². The van der Waals surface area contributed by atoms with Gasteiger partial charge < -0.3 is 9.84 Å². The number of allylic oxidation sites excluding steroid dienone is 1. The average Bonchev–Trinajstić information content (AvgIpc) is 2.55. The molecule has 0 heterocycles. The fraction of sp³-hybridized carbons (Fsp3) is 0.273. The number of carboxylic acids is 1. The molecule has 0 radical (unpaired) electrons. The number of hydrogen-bond acceptors (Lipinski definition) is 3. The summed E-state index contributed by atoms with van der Waals surface area (Å²) in [6.45, 7) is 9.16. The second kappa shape index (κ2) is 8.09. The van der Waals surface area contributed by atoms with Crippen LogP contribution in [0.5, 0.6) is 5.75 Å².